The first-order valence-corrected chi connectivity index (χ1v) is 15.0. The average Bonchev–Trinajstić information content (AvgIpc) is 3.10. The van der Waals surface area contributed by atoms with Crippen LogP contribution >= 0.6 is 11.8 Å². The topological polar surface area (TPSA) is 95.5 Å². The summed E-state index contributed by atoms with van der Waals surface area (Å²) in [4.78, 5) is 14.1. The summed E-state index contributed by atoms with van der Waals surface area (Å²) >= 11 is 1.43. The highest BCUT2D eigenvalue weighted by Gasteiger charge is 2.33. The molecule has 1 saturated carbocycles. The second-order valence-electron chi connectivity index (χ2n) is 9.90. The number of carbonyl (C=O) groups excluding carboxylic acids is 1. The van der Waals surface area contributed by atoms with E-state index in [0.29, 0.717) is 30.6 Å². The van der Waals surface area contributed by atoms with Crippen LogP contribution in [0.4, 0.5) is 0 Å². The number of aliphatic hydroxyl groups is 1. The lowest BCUT2D eigenvalue weighted by atomic mass is 9.89. The van der Waals surface area contributed by atoms with Gasteiger partial charge >= 0.3 is 0 Å². The van der Waals surface area contributed by atoms with E-state index in [4.69, 9.17) is 0 Å². The highest BCUT2D eigenvalue weighted by molar-refractivity contribution is 7.99. The Bertz CT molecular complexity index is 1080. The van der Waals surface area contributed by atoms with Gasteiger partial charge < -0.3 is 10.4 Å². The Labute approximate surface area is 208 Å². The van der Waals surface area contributed by atoms with E-state index in [0.717, 1.165) is 28.3 Å². The summed E-state index contributed by atoms with van der Waals surface area (Å²) in [7, 11) is -3.59. The molecule has 0 radical (unpaired) electrons. The first-order valence-electron chi connectivity index (χ1n) is 12.1. The van der Waals surface area contributed by atoms with E-state index in [1.165, 1.54) is 18.2 Å². The van der Waals surface area contributed by atoms with E-state index in [1.54, 1.807) is 0 Å². The molecule has 188 valence electrons. The van der Waals surface area contributed by atoms with Gasteiger partial charge in [0.15, 0.2) is 0 Å². The number of carbonyl (C=O) groups is 1. The van der Waals surface area contributed by atoms with E-state index < -0.39 is 34.1 Å². The summed E-state index contributed by atoms with van der Waals surface area (Å²) in [5.41, 5.74) is 0. The van der Waals surface area contributed by atoms with Gasteiger partial charge in [-0.2, -0.15) is 0 Å². The zero-order valence-corrected chi connectivity index (χ0v) is 22.2. The smallest absolute Gasteiger partial charge is 0.239 e. The maximum Gasteiger partial charge on any atom is 0.239 e. The van der Waals surface area contributed by atoms with Crippen LogP contribution in [0.25, 0.3) is 10.8 Å². The molecule has 2 aromatic rings. The first-order chi connectivity index (χ1) is 16.1. The molecule has 0 heterocycles. The molecule has 6 nitrogen and oxygen atoms in total. The number of nitrogens with one attached hydrogen (secondary N) is 2. The standard InChI is InChI=1S/C26H38N2O4S2/c1-5-23(25(29)15-21-13-17(2)12-18(21)3)27-26(30)24(28-34(4,31)32)16-33-22-11-10-19-8-6-7-9-20(19)14-22/h6-11,14,17-18,21,23-25,28-29H,5,12-13,15-16H2,1-4H3,(H,27,30)/t17?,18?,21?,23-,24+,25+/m0/s1. The third-order valence-corrected chi connectivity index (χ3v) is 8.67. The van der Waals surface area contributed by atoms with Crippen molar-refractivity contribution in [3.05, 3.63) is 42.5 Å². The van der Waals surface area contributed by atoms with E-state index in [1.807, 2.05) is 49.4 Å². The molecule has 1 fully saturated rings. The molecular formula is C26H38N2O4S2. The number of aliphatic hydroxyl groups excluding tert-OH is 1. The van der Waals surface area contributed by atoms with Crippen molar-refractivity contribution in [2.24, 2.45) is 17.8 Å². The van der Waals surface area contributed by atoms with Gasteiger partial charge in [-0.25, -0.2) is 13.1 Å². The van der Waals surface area contributed by atoms with Crippen molar-refractivity contribution in [1.29, 1.82) is 0 Å². The Morgan fingerprint density at radius 1 is 1.15 bits per heavy atom. The fraction of sp³-hybridized carbons (Fsp3) is 0.577. The molecule has 1 aliphatic rings. The molecule has 34 heavy (non-hydrogen) atoms. The largest absolute Gasteiger partial charge is 0.391 e. The fourth-order valence-electron chi connectivity index (χ4n) is 5.09. The third kappa shape index (κ3) is 7.70. The molecule has 2 aromatic carbocycles. The Morgan fingerprint density at radius 2 is 1.85 bits per heavy atom. The van der Waals surface area contributed by atoms with E-state index in [9.17, 15) is 18.3 Å². The van der Waals surface area contributed by atoms with Crippen LogP contribution in [0.15, 0.2) is 47.4 Å². The van der Waals surface area contributed by atoms with Crippen molar-refractivity contribution in [3.8, 4) is 0 Å². The zero-order chi connectivity index (χ0) is 24.9. The third-order valence-electron chi connectivity index (χ3n) is 6.87. The summed E-state index contributed by atoms with van der Waals surface area (Å²) in [6, 6.07) is 12.7. The van der Waals surface area contributed by atoms with Gasteiger partial charge in [0.05, 0.1) is 18.4 Å². The van der Waals surface area contributed by atoms with Gasteiger partial charge in [0.2, 0.25) is 15.9 Å². The molecular weight excluding hydrogens is 468 g/mol. The molecule has 0 aromatic heterocycles. The quantitative estimate of drug-likeness (QED) is 0.398. The minimum Gasteiger partial charge on any atom is -0.391 e. The van der Waals surface area contributed by atoms with Crippen molar-refractivity contribution in [2.45, 2.75) is 69.5 Å². The maximum absolute atomic E-state index is 13.1. The number of fused-ring (bicyclic) bond motifs is 1. The minimum atomic E-state index is -3.59. The summed E-state index contributed by atoms with van der Waals surface area (Å²) in [5, 5.41) is 16.0. The lowest BCUT2D eigenvalue weighted by molar-refractivity contribution is -0.124. The van der Waals surface area contributed by atoms with E-state index >= 15 is 0 Å². The number of hydrogen-bond acceptors (Lipinski definition) is 5. The van der Waals surface area contributed by atoms with Crippen molar-refractivity contribution in [3.63, 3.8) is 0 Å². The monoisotopic (exact) mass is 506 g/mol. The van der Waals surface area contributed by atoms with Crippen molar-refractivity contribution >= 4 is 38.5 Å². The molecule has 3 rings (SSSR count). The minimum absolute atomic E-state index is 0.251. The number of hydrogen-bond donors (Lipinski definition) is 3. The number of sulfonamides is 1. The number of thioether (sulfide) groups is 1. The summed E-state index contributed by atoms with van der Waals surface area (Å²) in [6.45, 7) is 6.41. The first kappa shape index (κ1) is 27.0. The highest BCUT2D eigenvalue weighted by atomic mass is 32.2. The van der Waals surface area contributed by atoms with Gasteiger partial charge in [-0.05, 0) is 66.3 Å². The van der Waals surface area contributed by atoms with Crippen molar-refractivity contribution < 1.29 is 18.3 Å². The summed E-state index contributed by atoms with van der Waals surface area (Å²) in [6.07, 6.45) is 3.91. The fourth-order valence-corrected chi connectivity index (χ4v) is 6.87. The van der Waals surface area contributed by atoms with Gasteiger partial charge in [-0.1, -0.05) is 51.1 Å². The number of benzene rings is 2. The molecule has 1 aliphatic carbocycles. The molecule has 8 heteroatoms. The molecule has 1 amide bonds. The molecule has 3 unspecified atom stereocenters. The summed E-state index contributed by atoms with van der Waals surface area (Å²) < 4.78 is 26.4. The van der Waals surface area contributed by atoms with Gasteiger partial charge in [-0.15, -0.1) is 11.8 Å². The van der Waals surface area contributed by atoms with Crippen LogP contribution in [0, 0.1) is 17.8 Å². The maximum atomic E-state index is 13.1. The zero-order valence-electron chi connectivity index (χ0n) is 20.5. The lowest BCUT2D eigenvalue weighted by Gasteiger charge is -2.28. The van der Waals surface area contributed by atoms with Crippen LogP contribution in [0.5, 0.6) is 0 Å². The van der Waals surface area contributed by atoms with Crippen molar-refractivity contribution in [2.75, 3.05) is 12.0 Å². The van der Waals surface area contributed by atoms with Gasteiger partial charge in [-0.3, -0.25) is 4.79 Å². The van der Waals surface area contributed by atoms with Crippen LogP contribution in [0.1, 0.15) is 46.5 Å². The summed E-state index contributed by atoms with van der Waals surface area (Å²) in [5.74, 6) is 1.52. The molecule has 3 N–H and O–H groups in total. The van der Waals surface area contributed by atoms with Gasteiger partial charge in [0, 0.05) is 10.6 Å². The van der Waals surface area contributed by atoms with Crippen molar-refractivity contribution in [1.82, 2.24) is 10.0 Å². The molecule has 0 spiro atoms. The normalized spacial score (nSPS) is 23.5. The molecule has 0 aliphatic heterocycles. The Balaban J connectivity index is 1.65. The molecule has 0 bridgehead atoms. The Kier molecular flexibility index (Phi) is 9.43. The lowest BCUT2D eigenvalue weighted by Crippen LogP contribution is -2.53. The van der Waals surface area contributed by atoms with E-state index in [2.05, 4.69) is 23.9 Å². The second-order valence-corrected chi connectivity index (χ2v) is 12.8. The van der Waals surface area contributed by atoms with Crippen LogP contribution in [0.3, 0.4) is 0 Å². The second kappa shape index (κ2) is 11.9. The highest BCUT2D eigenvalue weighted by Crippen LogP contribution is 2.38. The van der Waals surface area contributed by atoms with Gasteiger partial charge in [0.1, 0.15) is 6.04 Å². The average molecular weight is 507 g/mol. The van der Waals surface area contributed by atoms with Crippen LogP contribution in [0.2, 0.25) is 0 Å². The SMILES string of the molecule is CC[C@H](NC(=O)[C@@H](CSc1ccc2ccccc2c1)NS(C)(=O)=O)[C@H](O)CC1CC(C)CC1C. The number of amides is 1. The Hall–Kier alpha value is -1.61. The van der Waals surface area contributed by atoms with E-state index in [-0.39, 0.29) is 5.75 Å². The van der Waals surface area contributed by atoms with Gasteiger partial charge in [0.25, 0.3) is 0 Å². The predicted molar refractivity (Wildman–Crippen MR) is 140 cm³/mol. The van der Waals surface area contributed by atoms with Crippen LogP contribution in [-0.4, -0.2) is 49.6 Å². The Morgan fingerprint density at radius 3 is 2.47 bits per heavy atom. The predicted octanol–water partition coefficient (Wildman–Crippen LogP) is 4.18. The molecule has 6 atom stereocenters. The van der Waals surface area contributed by atoms with Crippen LogP contribution in [-0.2, 0) is 14.8 Å². The molecule has 0 saturated heterocycles. The van der Waals surface area contributed by atoms with Crippen LogP contribution < -0.4 is 10.0 Å². The number of rotatable bonds is 11.